The molecule has 10 nitrogen and oxygen atoms in total. The molecule has 2 aliphatic heterocycles. The van der Waals surface area contributed by atoms with Crippen LogP contribution in [0.2, 0.25) is 0 Å². The number of hydrogen-bond acceptors (Lipinski definition) is 7. The Morgan fingerprint density at radius 1 is 0.976 bits per heavy atom. The number of piperidine rings is 1. The number of anilines is 2. The van der Waals surface area contributed by atoms with Crippen LogP contribution in [0.1, 0.15) is 44.7 Å². The molecule has 1 saturated heterocycles. The molecule has 0 unspecified atom stereocenters. The van der Waals surface area contributed by atoms with Crippen LogP contribution in [0.15, 0.2) is 72.8 Å². The Labute approximate surface area is 244 Å². The summed E-state index contributed by atoms with van der Waals surface area (Å²) in [6, 6.07) is 21.5. The van der Waals surface area contributed by atoms with Gasteiger partial charge in [-0.2, -0.15) is 0 Å². The zero-order valence-corrected chi connectivity index (χ0v) is 23.7. The molecule has 10 heteroatoms. The van der Waals surface area contributed by atoms with Gasteiger partial charge in [0.1, 0.15) is 0 Å². The molecule has 42 heavy (non-hydrogen) atoms. The van der Waals surface area contributed by atoms with Crippen LogP contribution in [0.5, 0.6) is 0 Å². The number of fused-ring (bicyclic) bond motifs is 1. The minimum atomic E-state index is -1.07. The second-order valence-corrected chi connectivity index (χ2v) is 10.7. The maximum atomic E-state index is 13.1. The molecule has 0 bridgehead atoms. The number of nitrogens with one attached hydrogen (secondary N) is 3. The number of nitrogens with zero attached hydrogens (tertiary/aromatic N) is 2. The van der Waals surface area contributed by atoms with Gasteiger partial charge in [0.25, 0.3) is 11.8 Å². The van der Waals surface area contributed by atoms with Crippen molar-refractivity contribution >= 4 is 40.4 Å². The van der Waals surface area contributed by atoms with Crippen molar-refractivity contribution in [1.82, 2.24) is 15.3 Å². The number of amides is 2. The molecule has 2 heterocycles. The van der Waals surface area contributed by atoms with Crippen molar-refractivity contribution in [3.63, 3.8) is 0 Å². The van der Waals surface area contributed by atoms with E-state index in [4.69, 9.17) is 4.84 Å². The van der Waals surface area contributed by atoms with E-state index < -0.39 is 5.97 Å². The minimum Gasteiger partial charge on any atom is -0.478 e. The summed E-state index contributed by atoms with van der Waals surface area (Å²) in [4.78, 5) is 47.3. The maximum Gasteiger partial charge on any atom is 0.335 e. The minimum absolute atomic E-state index is 0.0898. The molecule has 0 spiro atoms. The molecule has 0 aromatic heterocycles. The largest absolute Gasteiger partial charge is 0.478 e. The zero-order chi connectivity index (χ0) is 29.6. The van der Waals surface area contributed by atoms with E-state index in [1.807, 2.05) is 30.3 Å². The van der Waals surface area contributed by atoms with Crippen LogP contribution in [0.25, 0.3) is 11.3 Å². The Morgan fingerprint density at radius 3 is 2.33 bits per heavy atom. The van der Waals surface area contributed by atoms with Gasteiger partial charge in [0.2, 0.25) is 0 Å². The fourth-order valence-corrected chi connectivity index (χ4v) is 5.30. The molecular formula is C32H35N5O5. The normalized spacial score (nSPS) is 16.6. The second kappa shape index (κ2) is 13.0. The van der Waals surface area contributed by atoms with Crippen LogP contribution in [-0.2, 0) is 9.63 Å². The summed E-state index contributed by atoms with van der Waals surface area (Å²) in [6.45, 7) is 3.21. The number of rotatable bonds is 10. The number of hydroxylamine groups is 1. The number of carboxylic acid groups (broad SMARTS) is 1. The summed E-state index contributed by atoms with van der Waals surface area (Å²) >= 11 is 0. The van der Waals surface area contributed by atoms with Gasteiger partial charge in [0.05, 0.1) is 29.1 Å². The van der Waals surface area contributed by atoms with Crippen LogP contribution in [-0.4, -0.2) is 79.1 Å². The van der Waals surface area contributed by atoms with Gasteiger partial charge in [0.15, 0.2) is 0 Å². The van der Waals surface area contributed by atoms with Crippen LogP contribution in [0.3, 0.4) is 0 Å². The van der Waals surface area contributed by atoms with Crippen molar-refractivity contribution in [2.24, 2.45) is 0 Å². The van der Waals surface area contributed by atoms with Crippen LogP contribution in [0.4, 0.5) is 11.4 Å². The van der Waals surface area contributed by atoms with Crippen molar-refractivity contribution < 1.29 is 24.3 Å². The molecule has 4 N–H and O–H groups in total. The number of carboxylic acids is 1. The molecule has 2 amide bonds. The van der Waals surface area contributed by atoms with E-state index in [9.17, 15) is 19.5 Å². The Kier molecular flexibility index (Phi) is 8.97. The summed E-state index contributed by atoms with van der Waals surface area (Å²) < 4.78 is 0. The summed E-state index contributed by atoms with van der Waals surface area (Å²) in [7, 11) is 4.24. The zero-order valence-electron chi connectivity index (χ0n) is 23.7. The molecule has 0 saturated carbocycles. The number of carbonyl (C=O) groups excluding carboxylic acids is 2. The van der Waals surface area contributed by atoms with Gasteiger partial charge in [-0.1, -0.05) is 36.4 Å². The highest BCUT2D eigenvalue weighted by molar-refractivity contribution is 6.37. The number of carbonyl (C=O) groups is 3. The maximum absolute atomic E-state index is 13.1. The van der Waals surface area contributed by atoms with Gasteiger partial charge in [0, 0.05) is 29.4 Å². The van der Waals surface area contributed by atoms with Crippen molar-refractivity contribution in [2.45, 2.75) is 18.9 Å². The Hall–Kier alpha value is -4.51. The van der Waals surface area contributed by atoms with Crippen LogP contribution < -0.4 is 16.1 Å². The first kappa shape index (κ1) is 29.0. The fourth-order valence-electron chi connectivity index (χ4n) is 5.30. The predicted molar refractivity (Wildman–Crippen MR) is 162 cm³/mol. The lowest BCUT2D eigenvalue weighted by Gasteiger charge is -2.34. The van der Waals surface area contributed by atoms with Crippen molar-refractivity contribution in [3.8, 4) is 0 Å². The summed E-state index contributed by atoms with van der Waals surface area (Å²) in [5.41, 5.74) is 6.50. The van der Waals surface area contributed by atoms with Gasteiger partial charge in [-0.05, 0) is 82.0 Å². The van der Waals surface area contributed by atoms with Gasteiger partial charge in [-0.25, -0.2) is 10.3 Å². The van der Waals surface area contributed by atoms with E-state index in [1.165, 1.54) is 12.1 Å². The Balaban J connectivity index is 1.24. The quantitative estimate of drug-likeness (QED) is 0.164. The Bertz CT molecular complexity index is 1480. The molecule has 0 aliphatic carbocycles. The standard InChI is InChI=1S/C32H35N5O5/c1-36(2)25-14-16-37(17-15-25)18-19-42-35-30(38)22-8-11-24(12-9-22)33-29(21-6-4-3-5-7-21)28-26-13-10-23(32(40)41)20-27(26)34-31(28)39/h3-13,20,25,33H,14-19H2,1-2H3,(H,34,39)(H,35,38)(H,40,41). The van der Waals surface area contributed by atoms with Crippen LogP contribution in [0, 0.1) is 0 Å². The van der Waals surface area contributed by atoms with E-state index >= 15 is 0 Å². The average molecular weight is 570 g/mol. The SMILES string of the molecule is CN(C)C1CCN(CCONC(=O)c2ccc(NC(=C3C(=O)Nc4cc(C(=O)O)ccc43)c3ccccc3)cc2)CC1. The monoisotopic (exact) mass is 569 g/mol. The van der Waals surface area contributed by atoms with Crippen molar-refractivity contribution in [1.29, 1.82) is 0 Å². The second-order valence-electron chi connectivity index (χ2n) is 10.7. The van der Waals surface area contributed by atoms with Gasteiger partial charge >= 0.3 is 5.97 Å². The lowest BCUT2D eigenvalue weighted by atomic mass is 9.99. The molecule has 3 aromatic rings. The average Bonchev–Trinajstić information content (AvgIpc) is 3.33. The smallest absolute Gasteiger partial charge is 0.335 e. The first-order valence-corrected chi connectivity index (χ1v) is 14.0. The van der Waals surface area contributed by atoms with Crippen molar-refractivity contribution in [2.75, 3.05) is 51.0 Å². The lowest BCUT2D eigenvalue weighted by molar-refractivity contribution is -0.110. The number of benzene rings is 3. The highest BCUT2D eigenvalue weighted by Crippen LogP contribution is 2.38. The van der Waals surface area contributed by atoms with E-state index in [-0.39, 0.29) is 17.4 Å². The molecule has 0 radical (unpaired) electrons. The third kappa shape index (κ3) is 6.68. The van der Waals surface area contributed by atoms with Gasteiger partial charge < -0.3 is 25.5 Å². The lowest BCUT2D eigenvalue weighted by Crippen LogP contribution is -2.43. The van der Waals surface area contributed by atoms with Gasteiger partial charge in [-0.3, -0.25) is 14.4 Å². The third-order valence-corrected chi connectivity index (χ3v) is 7.70. The number of aromatic carboxylic acids is 1. The summed E-state index contributed by atoms with van der Waals surface area (Å²) in [5.74, 6) is -1.75. The van der Waals surface area contributed by atoms with E-state index in [0.717, 1.165) is 38.0 Å². The van der Waals surface area contributed by atoms with E-state index in [1.54, 1.807) is 30.3 Å². The molecule has 218 valence electrons. The molecule has 2 aliphatic rings. The topological polar surface area (TPSA) is 123 Å². The predicted octanol–water partition coefficient (Wildman–Crippen LogP) is 4.00. The van der Waals surface area contributed by atoms with Gasteiger partial charge in [-0.15, -0.1) is 0 Å². The summed E-state index contributed by atoms with van der Waals surface area (Å²) in [6.07, 6.45) is 2.26. The molecular weight excluding hydrogens is 534 g/mol. The molecule has 5 rings (SSSR count). The highest BCUT2D eigenvalue weighted by Gasteiger charge is 2.29. The molecule has 3 aromatic carbocycles. The Morgan fingerprint density at radius 2 is 1.67 bits per heavy atom. The van der Waals surface area contributed by atoms with Crippen molar-refractivity contribution in [3.05, 3.63) is 95.1 Å². The molecule has 0 atom stereocenters. The number of likely N-dealkylation sites (tertiary alicyclic amines) is 1. The third-order valence-electron chi connectivity index (χ3n) is 7.70. The van der Waals surface area contributed by atoms with Crippen LogP contribution >= 0.6 is 0 Å². The fraction of sp³-hybridized carbons (Fsp3) is 0.281. The summed E-state index contributed by atoms with van der Waals surface area (Å²) in [5, 5.41) is 15.5. The first-order valence-electron chi connectivity index (χ1n) is 14.0. The first-order chi connectivity index (χ1) is 20.3. The number of hydrogen-bond donors (Lipinski definition) is 4. The highest BCUT2D eigenvalue weighted by atomic mass is 16.7. The molecule has 1 fully saturated rings. The van der Waals surface area contributed by atoms with E-state index in [2.05, 4.69) is 40.0 Å². The van der Waals surface area contributed by atoms with E-state index in [0.29, 0.717) is 46.4 Å².